The van der Waals surface area contributed by atoms with Crippen molar-refractivity contribution in [3.05, 3.63) is 22.3 Å². The topological polar surface area (TPSA) is 25.4 Å². The van der Waals surface area contributed by atoms with Crippen LogP contribution in [0.3, 0.4) is 0 Å². The van der Waals surface area contributed by atoms with Crippen LogP contribution >= 0.6 is 15.9 Å². The highest BCUT2D eigenvalue weighted by molar-refractivity contribution is 9.10. The predicted molar refractivity (Wildman–Crippen MR) is 68.9 cm³/mol. The number of hydrogen-bond acceptors (Lipinski definition) is 3. The summed E-state index contributed by atoms with van der Waals surface area (Å²) in [7, 11) is 0. The van der Waals surface area contributed by atoms with E-state index in [1.165, 1.54) is 5.56 Å². The van der Waals surface area contributed by atoms with Gasteiger partial charge in [0.2, 0.25) is 0 Å². The summed E-state index contributed by atoms with van der Waals surface area (Å²) in [6, 6.07) is 2.10. The Morgan fingerprint density at radius 1 is 1.38 bits per heavy atom. The first kappa shape index (κ1) is 11.9. The Morgan fingerprint density at radius 2 is 2.00 bits per heavy atom. The number of ether oxygens (including phenoxy) is 1. The van der Waals surface area contributed by atoms with E-state index < -0.39 is 0 Å². The number of nitrogens with zero attached hydrogens (tertiary/aromatic N) is 2. The molecule has 0 radical (unpaired) electrons. The summed E-state index contributed by atoms with van der Waals surface area (Å²) < 4.78 is 6.78. The third-order valence-electron chi connectivity index (χ3n) is 2.68. The fourth-order valence-corrected chi connectivity index (χ4v) is 2.82. The number of halogens is 1. The van der Waals surface area contributed by atoms with Crippen molar-refractivity contribution in [2.75, 3.05) is 18.0 Å². The lowest BCUT2D eigenvalue weighted by Gasteiger charge is -2.36. The first-order chi connectivity index (χ1) is 7.56. The van der Waals surface area contributed by atoms with Gasteiger partial charge in [-0.25, -0.2) is 4.98 Å². The molecule has 0 amide bonds. The molecule has 1 aromatic heterocycles. The van der Waals surface area contributed by atoms with Crippen molar-refractivity contribution in [2.24, 2.45) is 0 Å². The minimum absolute atomic E-state index is 0.263. The highest BCUT2D eigenvalue weighted by Gasteiger charge is 2.24. The quantitative estimate of drug-likeness (QED) is 0.793. The molecule has 0 bridgehead atoms. The van der Waals surface area contributed by atoms with Crippen LogP contribution in [0.25, 0.3) is 0 Å². The summed E-state index contributed by atoms with van der Waals surface area (Å²) in [4.78, 5) is 6.77. The van der Waals surface area contributed by atoms with Crippen LogP contribution < -0.4 is 4.90 Å². The molecule has 16 heavy (non-hydrogen) atoms. The van der Waals surface area contributed by atoms with Crippen LogP contribution in [0.4, 0.5) is 5.82 Å². The van der Waals surface area contributed by atoms with E-state index in [0.717, 1.165) is 23.4 Å². The molecule has 2 unspecified atom stereocenters. The van der Waals surface area contributed by atoms with Gasteiger partial charge < -0.3 is 9.64 Å². The highest BCUT2D eigenvalue weighted by atomic mass is 79.9. The van der Waals surface area contributed by atoms with E-state index in [2.05, 4.69) is 45.7 Å². The Hall–Kier alpha value is -0.610. The van der Waals surface area contributed by atoms with Crippen molar-refractivity contribution in [3.63, 3.8) is 0 Å². The second-order valence-corrected chi connectivity index (χ2v) is 5.33. The van der Waals surface area contributed by atoms with Gasteiger partial charge in [0.1, 0.15) is 5.82 Å². The molecular formula is C12H17BrN2O. The normalized spacial score (nSPS) is 25.9. The lowest BCUT2D eigenvalue weighted by atomic mass is 10.2. The Morgan fingerprint density at radius 3 is 2.56 bits per heavy atom. The van der Waals surface area contributed by atoms with Gasteiger partial charge in [0, 0.05) is 19.3 Å². The van der Waals surface area contributed by atoms with Crippen molar-refractivity contribution in [3.8, 4) is 0 Å². The Bertz CT molecular complexity index is 373. The molecule has 2 atom stereocenters. The lowest BCUT2D eigenvalue weighted by molar-refractivity contribution is -0.00550. The van der Waals surface area contributed by atoms with E-state index in [4.69, 9.17) is 4.74 Å². The summed E-state index contributed by atoms with van der Waals surface area (Å²) in [5, 5.41) is 0. The Kier molecular flexibility index (Phi) is 3.50. The van der Waals surface area contributed by atoms with Crippen LogP contribution in [0.1, 0.15) is 19.4 Å². The van der Waals surface area contributed by atoms with Crippen LogP contribution in [0.15, 0.2) is 16.7 Å². The molecule has 1 aliphatic rings. The lowest BCUT2D eigenvalue weighted by Crippen LogP contribution is -2.46. The second-order valence-electron chi connectivity index (χ2n) is 4.48. The molecular weight excluding hydrogens is 268 g/mol. The highest BCUT2D eigenvalue weighted by Crippen LogP contribution is 2.27. The molecule has 1 saturated heterocycles. The van der Waals surface area contributed by atoms with Gasteiger partial charge >= 0.3 is 0 Å². The van der Waals surface area contributed by atoms with E-state index in [1.54, 1.807) is 0 Å². The largest absolute Gasteiger partial charge is 0.372 e. The molecule has 1 aliphatic heterocycles. The van der Waals surface area contributed by atoms with Crippen molar-refractivity contribution >= 4 is 21.7 Å². The monoisotopic (exact) mass is 284 g/mol. The molecule has 2 rings (SSSR count). The number of rotatable bonds is 1. The SMILES string of the molecule is Cc1cnc(N2CC(C)OC(C)C2)c(Br)c1. The van der Waals surface area contributed by atoms with Crippen LogP contribution in [-0.4, -0.2) is 30.3 Å². The summed E-state index contributed by atoms with van der Waals surface area (Å²) >= 11 is 3.58. The standard InChI is InChI=1S/C12H17BrN2O/c1-8-4-11(13)12(14-5-8)15-6-9(2)16-10(3)7-15/h4-5,9-10H,6-7H2,1-3H3. The van der Waals surface area contributed by atoms with Gasteiger partial charge in [-0.3, -0.25) is 0 Å². The van der Waals surface area contributed by atoms with Gasteiger partial charge in [0.25, 0.3) is 0 Å². The molecule has 0 spiro atoms. The first-order valence-corrected chi connectivity index (χ1v) is 6.38. The van der Waals surface area contributed by atoms with E-state index in [-0.39, 0.29) is 12.2 Å². The molecule has 2 heterocycles. The minimum atomic E-state index is 0.263. The third kappa shape index (κ3) is 2.55. The van der Waals surface area contributed by atoms with Gasteiger partial charge in [0.15, 0.2) is 0 Å². The zero-order chi connectivity index (χ0) is 11.7. The Balaban J connectivity index is 2.23. The van der Waals surface area contributed by atoms with E-state index in [1.807, 2.05) is 13.1 Å². The van der Waals surface area contributed by atoms with Crippen molar-refractivity contribution in [1.82, 2.24) is 4.98 Å². The number of morpholine rings is 1. The number of anilines is 1. The molecule has 1 aromatic rings. The molecule has 4 heteroatoms. The van der Waals surface area contributed by atoms with E-state index in [0.29, 0.717) is 0 Å². The van der Waals surface area contributed by atoms with Gasteiger partial charge in [-0.1, -0.05) is 0 Å². The Labute approximate surface area is 105 Å². The van der Waals surface area contributed by atoms with Gasteiger partial charge in [-0.05, 0) is 48.3 Å². The molecule has 0 saturated carbocycles. The molecule has 88 valence electrons. The van der Waals surface area contributed by atoms with Crippen molar-refractivity contribution < 1.29 is 4.74 Å². The number of hydrogen-bond donors (Lipinski definition) is 0. The van der Waals surface area contributed by atoms with Crippen LogP contribution in [0.5, 0.6) is 0 Å². The summed E-state index contributed by atoms with van der Waals surface area (Å²) in [5.41, 5.74) is 1.17. The number of aryl methyl sites for hydroxylation is 1. The van der Waals surface area contributed by atoms with Crippen LogP contribution in [0, 0.1) is 6.92 Å². The second kappa shape index (κ2) is 4.72. The van der Waals surface area contributed by atoms with Crippen molar-refractivity contribution in [2.45, 2.75) is 33.0 Å². The van der Waals surface area contributed by atoms with E-state index >= 15 is 0 Å². The summed E-state index contributed by atoms with van der Waals surface area (Å²) in [5.74, 6) is 1.02. The fraction of sp³-hybridized carbons (Fsp3) is 0.583. The van der Waals surface area contributed by atoms with Crippen LogP contribution in [-0.2, 0) is 4.74 Å². The molecule has 0 N–H and O–H groups in total. The molecule has 0 aliphatic carbocycles. The molecule has 1 fully saturated rings. The third-order valence-corrected chi connectivity index (χ3v) is 3.26. The van der Waals surface area contributed by atoms with E-state index in [9.17, 15) is 0 Å². The minimum Gasteiger partial charge on any atom is -0.372 e. The summed E-state index contributed by atoms with van der Waals surface area (Å²) in [6.07, 6.45) is 2.43. The predicted octanol–water partition coefficient (Wildman–Crippen LogP) is 2.77. The van der Waals surface area contributed by atoms with Crippen molar-refractivity contribution in [1.29, 1.82) is 0 Å². The smallest absolute Gasteiger partial charge is 0.143 e. The average molecular weight is 285 g/mol. The number of pyridine rings is 1. The maximum atomic E-state index is 5.72. The molecule has 3 nitrogen and oxygen atoms in total. The zero-order valence-electron chi connectivity index (χ0n) is 9.90. The summed E-state index contributed by atoms with van der Waals surface area (Å²) in [6.45, 7) is 8.06. The van der Waals surface area contributed by atoms with Gasteiger partial charge in [-0.2, -0.15) is 0 Å². The number of aromatic nitrogens is 1. The first-order valence-electron chi connectivity index (χ1n) is 5.59. The molecule has 0 aromatic carbocycles. The van der Waals surface area contributed by atoms with Gasteiger partial charge in [-0.15, -0.1) is 0 Å². The maximum Gasteiger partial charge on any atom is 0.143 e. The average Bonchev–Trinajstić information content (AvgIpc) is 2.15. The maximum absolute atomic E-state index is 5.72. The zero-order valence-corrected chi connectivity index (χ0v) is 11.5. The van der Waals surface area contributed by atoms with Gasteiger partial charge in [0.05, 0.1) is 16.7 Å². The van der Waals surface area contributed by atoms with Crippen LogP contribution in [0.2, 0.25) is 0 Å². The fourth-order valence-electron chi connectivity index (χ4n) is 2.11.